The summed E-state index contributed by atoms with van der Waals surface area (Å²) in [5, 5.41) is 6.46. The smallest absolute Gasteiger partial charge is 0.367 e. The lowest BCUT2D eigenvalue weighted by Gasteiger charge is -2.19. The quantitative estimate of drug-likeness (QED) is 0.0691. The van der Waals surface area contributed by atoms with Crippen LogP contribution in [0.2, 0.25) is 0 Å². The number of rotatable bonds is 19. The molecule has 42 heavy (non-hydrogen) atoms. The van der Waals surface area contributed by atoms with Crippen molar-refractivity contribution in [3.05, 3.63) is 24.8 Å². The van der Waals surface area contributed by atoms with Crippen LogP contribution in [-0.4, -0.2) is 94.4 Å². The number of carbonyl (C=O) groups excluding carboxylic acids is 2. The van der Waals surface area contributed by atoms with Crippen LogP contribution in [0.15, 0.2) is 24.8 Å². The number of imidazole rings is 1. The number of ether oxygens (including phenoxy) is 1. The number of amides is 2. The molecule has 0 aromatic carbocycles. The van der Waals surface area contributed by atoms with Gasteiger partial charge in [0.15, 0.2) is 11.5 Å². The minimum Gasteiger partial charge on any atom is -0.367 e. The van der Waals surface area contributed by atoms with Crippen molar-refractivity contribution < 1.29 is 56.2 Å². The maximum absolute atomic E-state index is 12.0. The topological polar surface area (TPSA) is 265 Å². The summed E-state index contributed by atoms with van der Waals surface area (Å²) in [5.41, 5.74) is 0.913. The molecule has 0 fully saturated rings. The van der Waals surface area contributed by atoms with Gasteiger partial charge in [-0.2, -0.15) is 4.31 Å². The van der Waals surface area contributed by atoms with Gasteiger partial charge in [-0.1, -0.05) is 6.42 Å². The molecule has 0 spiro atoms. The Labute approximate surface area is 239 Å². The molecule has 3 atom stereocenters. The predicted molar refractivity (Wildman–Crippen MR) is 146 cm³/mol. The number of fused-ring (bicyclic) bond motifs is 1. The molecule has 0 saturated heterocycles. The molecular formula is C20H32N7O12P3. The molecular weight excluding hydrogens is 623 g/mol. The third-order valence-electron chi connectivity index (χ3n) is 5.55. The minimum absolute atomic E-state index is 0.0981. The van der Waals surface area contributed by atoms with E-state index in [4.69, 9.17) is 14.5 Å². The highest BCUT2D eigenvalue weighted by molar-refractivity contribution is 7.68. The predicted octanol–water partition coefficient (Wildman–Crippen LogP) is 0.697. The van der Waals surface area contributed by atoms with Crippen LogP contribution in [0.4, 0.5) is 5.82 Å². The highest BCUT2D eigenvalue weighted by Crippen LogP contribution is 2.65. The Morgan fingerprint density at radius 3 is 2.33 bits per heavy atom. The van der Waals surface area contributed by atoms with Gasteiger partial charge < -0.3 is 39.5 Å². The summed E-state index contributed by atoms with van der Waals surface area (Å²) in [7, 11) is -15.9. The number of imide groups is 1. The number of phosphoric acid groups is 2. The second-order valence-corrected chi connectivity index (χ2v) is 13.8. The highest BCUT2D eigenvalue weighted by atomic mass is 31.3. The van der Waals surface area contributed by atoms with Gasteiger partial charge in [0.05, 0.1) is 19.0 Å². The van der Waals surface area contributed by atoms with Gasteiger partial charge >= 0.3 is 23.2 Å². The van der Waals surface area contributed by atoms with Crippen molar-refractivity contribution in [3.8, 4) is 0 Å². The first-order valence-electron chi connectivity index (χ1n) is 12.5. The Morgan fingerprint density at radius 2 is 1.64 bits per heavy atom. The van der Waals surface area contributed by atoms with Crippen LogP contribution in [0.25, 0.3) is 11.2 Å². The van der Waals surface area contributed by atoms with Gasteiger partial charge in [-0.15, -0.1) is 0 Å². The van der Waals surface area contributed by atoms with E-state index in [1.807, 2.05) is 0 Å². The summed E-state index contributed by atoms with van der Waals surface area (Å²) < 4.78 is 48.6. The summed E-state index contributed by atoms with van der Waals surface area (Å²) in [6, 6.07) is 0. The largest absolute Gasteiger partial charge is 0.488 e. The Hall–Kier alpha value is -2.40. The highest BCUT2D eigenvalue weighted by Gasteiger charge is 2.39. The van der Waals surface area contributed by atoms with Crippen molar-refractivity contribution in [1.82, 2.24) is 29.7 Å². The molecule has 2 aromatic heterocycles. The number of aromatic nitrogens is 4. The fourth-order valence-electron chi connectivity index (χ4n) is 3.77. The normalized spacial score (nSPS) is 17.5. The Bertz CT molecular complexity index is 1410. The van der Waals surface area contributed by atoms with Crippen molar-refractivity contribution in [2.75, 3.05) is 37.8 Å². The summed E-state index contributed by atoms with van der Waals surface area (Å²) >= 11 is 0. The van der Waals surface area contributed by atoms with E-state index in [0.29, 0.717) is 36.6 Å². The molecule has 3 rings (SSSR count). The number of unbranched alkanes of at least 4 members (excludes halogenated alkanes) is 2. The molecule has 0 aliphatic carbocycles. The number of nitrogens with one attached hydrogen (secondary N) is 2. The van der Waals surface area contributed by atoms with Crippen LogP contribution in [-0.2, 0) is 43.2 Å². The fourth-order valence-corrected chi connectivity index (χ4v) is 7.16. The number of carbonyl (C=O) groups is 2. The first-order chi connectivity index (χ1) is 19.7. The zero-order chi connectivity index (χ0) is 31.0. The summed E-state index contributed by atoms with van der Waals surface area (Å²) in [5.74, 6) is -0.0557. The van der Waals surface area contributed by atoms with Crippen molar-refractivity contribution in [3.63, 3.8) is 0 Å². The standard InChI is InChI=1S/C20H32N7O12P3/c1-15(37-14-40(30,31)38-42(35,36)39-41(32,33)34)11-26-13-25-18-19(23-12-24-20(18)26)22-9-8-21-7-3-2-4-10-27-16(28)5-6-17(27)29/h5-6,12-13,15,21H,2-4,7-11,14H2,1H3,(H,30,31)(H,35,36)(H,22,23,24)(H2,32,33,34)/t15-/m1/s1. The number of hydrogen-bond acceptors (Lipinski definition) is 13. The van der Waals surface area contributed by atoms with Crippen molar-refractivity contribution in [1.29, 1.82) is 0 Å². The second kappa shape index (κ2) is 14.9. The zero-order valence-electron chi connectivity index (χ0n) is 22.4. The van der Waals surface area contributed by atoms with E-state index < -0.39 is 35.7 Å². The maximum atomic E-state index is 12.0. The lowest BCUT2D eigenvalue weighted by Crippen LogP contribution is -2.31. The molecule has 0 radical (unpaired) electrons. The Balaban J connectivity index is 1.38. The lowest BCUT2D eigenvalue weighted by molar-refractivity contribution is -0.136. The van der Waals surface area contributed by atoms with Gasteiger partial charge in [-0.3, -0.25) is 19.1 Å². The summed E-state index contributed by atoms with van der Waals surface area (Å²) in [6.07, 6.45) is 6.00. The van der Waals surface area contributed by atoms with E-state index >= 15 is 0 Å². The van der Waals surface area contributed by atoms with E-state index in [9.17, 15) is 33.1 Å². The molecule has 22 heteroatoms. The van der Waals surface area contributed by atoms with Crippen LogP contribution < -0.4 is 10.6 Å². The average Bonchev–Trinajstić information content (AvgIpc) is 3.42. The number of anilines is 1. The van der Waals surface area contributed by atoms with E-state index in [1.54, 1.807) is 4.57 Å². The second-order valence-electron chi connectivity index (χ2n) is 9.06. The zero-order valence-corrected chi connectivity index (χ0v) is 25.1. The van der Waals surface area contributed by atoms with Crippen LogP contribution in [0.1, 0.15) is 26.2 Å². The Kier molecular flexibility index (Phi) is 12.1. The number of hydrogen-bond donors (Lipinski definition) is 6. The van der Waals surface area contributed by atoms with Crippen molar-refractivity contribution in [2.45, 2.75) is 38.8 Å². The third kappa shape index (κ3) is 11.0. The summed E-state index contributed by atoms with van der Waals surface area (Å²) in [6.45, 7) is 3.97. The maximum Gasteiger partial charge on any atom is 0.488 e. The number of nitrogens with zero attached hydrogens (tertiary/aromatic N) is 5. The van der Waals surface area contributed by atoms with Crippen LogP contribution in [0, 0.1) is 0 Å². The van der Waals surface area contributed by atoms with Gasteiger partial charge in [-0.25, -0.2) is 28.4 Å². The Morgan fingerprint density at radius 1 is 0.929 bits per heavy atom. The first-order valence-corrected chi connectivity index (χ1v) is 17.3. The van der Waals surface area contributed by atoms with Crippen molar-refractivity contribution in [2.24, 2.45) is 0 Å². The molecule has 1 aliphatic heterocycles. The third-order valence-corrected chi connectivity index (χ3v) is 9.55. The molecule has 19 nitrogen and oxygen atoms in total. The van der Waals surface area contributed by atoms with E-state index in [2.05, 4.69) is 34.2 Å². The van der Waals surface area contributed by atoms with Gasteiger partial charge in [0.2, 0.25) is 0 Å². The van der Waals surface area contributed by atoms with Gasteiger partial charge in [0.25, 0.3) is 11.8 Å². The van der Waals surface area contributed by atoms with Gasteiger partial charge in [0.1, 0.15) is 18.2 Å². The lowest BCUT2D eigenvalue weighted by atomic mass is 10.2. The molecule has 6 N–H and O–H groups in total. The fraction of sp³-hybridized carbons (Fsp3) is 0.550. The molecule has 2 unspecified atom stereocenters. The van der Waals surface area contributed by atoms with E-state index in [-0.39, 0.29) is 18.4 Å². The molecule has 0 bridgehead atoms. The minimum atomic E-state index is -5.54. The molecule has 1 aliphatic rings. The van der Waals surface area contributed by atoms with Crippen LogP contribution in [0.5, 0.6) is 0 Å². The van der Waals surface area contributed by atoms with E-state index in [0.717, 1.165) is 25.8 Å². The molecule has 234 valence electrons. The monoisotopic (exact) mass is 655 g/mol. The molecule has 3 heterocycles. The first kappa shape index (κ1) is 34.1. The van der Waals surface area contributed by atoms with Crippen LogP contribution >= 0.6 is 23.2 Å². The van der Waals surface area contributed by atoms with E-state index in [1.165, 1.54) is 36.6 Å². The molecule has 2 aromatic rings. The molecule has 0 saturated carbocycles. The van der Waals surface area contributed by atoms with Gasteiger partial charge in [0, 0.05) is 31.8 Å². The van der Waals surface area contributed by atoms with Gasteiger partial charge in [-0.05, 0) is 26.3 Å². The molecule has 2 amide bonds. The van der Waals surface area contributed by atoms with Crippen LogP contribution in [0.3, 0.4) is 0 Å². The SMILES string of the molecule is C[C@H](Cn1cnc2c(NCCNCCCCCN3C(=O)C=CC3=O)ncnc21)OCP(=O)(O)OP(=O)(O)OP(=O)(O)O. The average molecular weight is 655 g/mol. The summed E-state index contributed by atoms with van der Waals surface area (Å²) in [4.78, 5) is 73.2. The van der Waals surface area contributed by atoms with Crippen molar-refractivity contribution >= 4 is 52.0 Å².